The molecule has 0 aliphatic carbocycles. The summed E-state index contributed by atoms with van der Waals surface area (Å²) in [5, 5.41) is 23.0. The second-order valence-electron chi connectivity index (χ2n) is 4.89. The van der Waals surface area contributed by atoms with Crippen LogP contribution in [-0.2, 0) is 6.54 Å². The fraction of sp³-hybridized carbons (Fsp3) is 0.250. The lowest BCUT2D eigenvalue weighted by molar-refractivity contribution is 0.371. The molecule has 0 radical (unpaired) electrons. The first-order valence-electron chi connectivity index (χ1n) is 6.52. The highest BCUT2D eigenvalue weighted by molar-refractivity contribution is 9.10. The topological polar surface area (TPSA) is 61.7 Å². The third-order valence-electron chi connectivity index (χ3n) is 3.42. The number of phenols is 2. The van der Waals surface area contributed by atoms with Gasteiger partial charge < -0.3 is 20.3 Å². The van der Waals surface area contributed by atoms with Crippen LogP contribution in [0, 0.1) is 13.8 Å². The molecule has 21 heavy (non-hydrogen) atoms. The van der Waals surface area contributed by atoms with Crippen molar-refractivity contribution in [3.63, 3.8) is 0 Å². The van der Waals surface area contributed by atoms with E-state index in [1.807, 2.05) is 32.0 Å². The van der Waals surface area contributed by atoms with E-state index < -0.39 is 0 Å². The molecule has 2 rings (SSSR count). The van der Waals surface area contributed by atoms with Gasteiger partial charge in [0.15, 0.2) is 11.5 Å². The minimum atomic E-state index is 0.0883. The molecule has 112 valence electrons. The number of benzene rings is 2. The first kappa shape index (κ1) is 15.5. The predicted octanol–water partition coefficient (Wildman–Crippen LogP) is 4.10. The van der Waals surface area contributed by atoms with E-state index in [0.717, 1.165) is 22.4 Å². The van der Waals surface area contributed by atoms with Crippen LogP contribution >= 0.6 is 15.9 Å². The smallest absolute Gasteiger partial charge is 0.172 e. The standard InChI is InChI=1S/C16H18BrNO3/c1-9-4-5-13(10(2)15(9)19)18-8-11-6-12(17)16(20)14(7-11)21-3/h4-7,18-20H,8H2,1-3H3. The molecular weight excluding hydrogens is 334 g/mol. The van der Waals surface area contributed by atoms with Gasteiger partial charge >= 0.3 is 0 Å². The molecule has 3 N–H and O–H groups in total. The Bertz CT molecular complexity index is 671. The van der Waals surface area contributed by atoms with Crippen LogP contribution in [0.15, 0.2) is 28.7 Å². The van der Waals surface area contributed by atoms with Gasteiger partial charge in [-0.3, -0.25) is 0 Å². The molecule has 5 heteroatoms. The lowest BCUT2D eigenvalue weighted by Crippen LogP contribution is -2.02. The molecule has 0 saturated heterocycles. The van der Waals surface area contributed by atoms with Crippen LogP contribution in [-0.4, -0.2) is 17.3 Å². The molecule has 0 aliphatic rings. The van der Waals surface area contributed by atoms with E-state index in [1.54, 1.807) is 6.07 Å². The summed E-state index contributed by atoms with van der Waals surface area (Å²) in [6, 6.07) is 7.42. The van der Waals surface area contributed by atoms with Crippen molar-refractivity contribution in [1.82, 2.24) is 0 Å². The molecule has 2 aromatic rings. The van der Waals surface area contributed by atoms with Crippen molar-refractivity contribution >= 4 is 21.6 Å². The molecule has 0 fully saturated rings. The van der Waals surface area contributed by atoms with Crippen molar-refractivity contribution in [3.05, 3.63) is 45.4 Å². The van der Waals surface area contributed by atoms with Gasteiger partial charge in [-0.25, -0.2) is 0 Å². The molecule has 0 heterocycles. The maximum atomic E-state index is 9.95. The quantitative estimate of drug-likeness (QED) is 0.775. The van der Waals surface area contributed by atoms with Crippen molar-refractivity contribution in [2.75, 3.05) is 12.4 Å². The highest BCUT2D eigenvalue weighted by Gasteiger charge is 2.10. The van der Waals surface area contributed by atoms with Crippen LogP contribution in [0.4, 0.5) is 5.69 Å². The van der Waals surface area contributed by atoms with Crippen LogP contribution < -0.4 is 10.1 Å². The van der Waals surface area contributed by atoms with Gasteiger partial charge in [-0.2, -0.15) is 0 Å². The Hall–Kier alpha value is -1.88. The summed E-state index contributed by atoms with van der Waals surface area (Å²) in [7, 11) is 1.51. The summed E-state index contributed by atoms with van der Waals surface area (Å²) >= 11 is 3.30. The number of hydrogen-bond donors (Lipinski definition) is 3. The molecular formula is C16H18BrNO3. The van der Waals surface area contributed by atoms with Gasteiger partial charge in [0.25, 0.3) is 0 Å². The molecule has 0 bridgehead atoms. The zero-order valence-corrected chi connectivity index (χ0v) is 13.8. The van der Waals surface area contributed by atoms with E-state index in [1.165, 1.54) is 7.11 Å². The van der Waals surface area contributed by atoms with Gasteiger partial charge in [-0.05, 0) is 59.1 Å². The third kappa shape index (κ3) is 3.24. The summed E-state index contributed by atoms with van der Waals surface area (Å²) in [5.41, 5.74) is 3.50. The molecule has 4 nitrogen and oxygen atoms in total. The molecule has 0 spiro atoms. The minimum absolute atomic E-state index is 0.0883. The monoisotopic (exact) mass is 351 g/mol. The Morgan fingerprint density at radius 3 is 2.52 bits per heavy atom. The molecule has 0 unspecified atom stereocenters. The highest BCUT2D eigenvalue weighted by Crippen LogP contribution is 2.35. The van der Waals surface area contributed by atoms with Crippen LogP contribution in [0.2, 0.25) is 0 Å². The van der Waals surface area contributed by atoms with Crippen LogP contribution in [0.5, 0.6) is 17.2 Å². The van der Waals surface area contributed by atoms with Crippen molar-refractivity contribution < 1.29 is 14.9 Å². The fourth-order valence-corrected chi connectivity index (χ4v) is 2.60. The Morgan fingerprint density at radius 1 is 1.14 bits per heavy atom. The summed E-state index contributed by atoms with van der Waals surface area (Å²) in [5.74, 6) is 0.819. The predicted molar refractivity (Wildman–Crippen MR) is 87.3 cm³/mol. The third-order valence-corrected chi connectivity index (χ3v) is 4.03. The normalized spacial score (nSPS) is 10.5. The summed E-state index contributed by atoms with van der Waals surface area (Å²) in [6.45, 7) is 4.30. The summed E-state index contributed by atoms with van der Waals surface area (Å²) in [4.78, 5) is 0. The van der Waals surface area contributed by atoms with Gasteiger partial charge in [-0.15, -0.1) is 0 Å². The number of phenolic OH excluding ortho intramolecular Hbond substituents is 2. The number of aromatic hydroxyl groups is 2. The van der Waals surface area contributed by atoms with Gasteiger partial charge in [-0.1, -0.05) is 6.07 Å². The van der Waals surface area contributed by atoms with Gasteiger partial charge in [0.2, 0.25) is 0 Å². The maximum absolute atomic E-state index is 9.95. The minimum Gasteiger partial charge on any atom is -0.507 e. The fourth-order valence-electron chi connectivity index (χ4n) is 2.11. The largest absolute Gasteiger partial charge is 0.507 e. The van der Waals surface area contributed by atoms with E-state index in [9.17, 15) is 10.2 Å². The van der Waals surface area contributed by atoms with E-state index >= 15 is 0 Å². The Morgan fingerprint density at radius 2 is 1.86 bits per heavy atom. The molecule has 0 saturated carbocycles. The summed E-state index contributed by atoms with van der Waals surface area (Å²) in [6.07, 6.45) is 0. The number of aryl methyl sites for hydroxylation is 1. The Labute approximate surface area is 132 Å². The molecule has 0 aliphatic heterocycles. The Kier molecular flexibility index (Phi) is 4.63. The zero-order valence-electron chi connectivity index (χ0n) is 12.2. The van der Waals surface area contributed by atoms with Crippen molar-refractivity contribution in [2.45, 2.75) is 20.4 Å². The van der Waals surface area contributed by atoms with Crippen molar-refractivity contribution in [2.24, 2.45) is 0 Å². The van der Waals surface area contributed by atoms with Gasteiger partial charge in [0, 0.05) is 17.8 Å². The first-order valence-corrected chi connectivity index (χ1v) is 7.31. The van der Waals surface area contributed by atoms with Crippen molar-refractivity contribution in [3.8, 4) is 17.2 Å². The molecule has 0 amide bonds. The average Bonchev–Trinajstić information content (AvgIpc) is 2.47. The first-order chi connectivity index (χ1) is 9.93. The van der Waals surface area contributed by atoms with E-state index in [2.05, 4.69) is 21.2 Å². The number of hydrogen-bond acceptors (Lipinski definition) is 4. The lowest BCUT2D eigenvalue weighted by Gasteiger charge is -2.14. The number of rotatable bonds is 4. The van der Waals surface area contributed by atoms with Crippen molar-refractivity contribution in [1.29, 1.82) is 0 Å². The van der Waals surface area contributed by atoms with Crippen LogP contribution in [0.25, 0.3) is 0 Å². The van der Waals surface area contributed by atoms with E-state index in [-0.39, 0.29) is 5.75 Å². The highest BCUT2D eigenvalue weighted by atomic mass is 79.9. The molecule has 0 aromatic heterocycles. The van der Waals surface area contributed by atoms with Gasteiger partial charge in [0.05, 0.1) is 11.6 Å². The zero-order chi connectivity index (χ0) is 15.6. The molecule has 0 atom stereocenters. The number of halogens is 1. The summed E-state index contributed by atoms with van der Waals surface area (Å²) < 4.78 is 5.71. The number of methoxy groups -OCH3 is 1. The van der Waals surface area contributed by atoms with Gasteiger partial charge in [0.1, 0.15) is 5.75 Å². The van der Waals surface area contributed by atoms with E-state index in [0.29, 0.717) is 22.5 Å². The van der Waals surface area contributed by atoms with Crippen LogP contribution in [0.1, 0.15) is 16.7 Å². The number of ether oxygens (including phenoxy) is 1. The average molecular weight is 352 g/mol. The number of nitrogens with one attached hydrogen (secondary N) is 1. The Balaban J connectivity index is 2.21. The number of anilines is 1. The second-order valence-corrected chi connectivity index (χ2v) is 5.74. The maximum Gasteiger partial charge on any atom is 0.172 e. The van der Waals surface area contributed by atoms with E-state index in [4.69, 9.17) is 4.74 Å². The lowest BCUT2D eigenvalue weighted by atomic mass is 10.1. The van der Waals surface area contributed by atoms with Crippen LogP contribution in [0.3, 0.4) is 0 Å². The SMILES string of the molecule is COc1cc(CNc2ccc(C)c(O)c2C)cc(Br)c1O. The molecule has 2 aromatic carbocycles. The second kappa shape index (κ2) is 6.26.